The maximum absolute atomic E-state index is 13.6. The van der Waals surface area contributed by atoms with Gasteiger partial charge in [-0.25, -0.2) is 9.37 Å². The first-order valence-electron chi connectivity index (χ1n) is 5.53. The van der Waals surface area contributed by atoms with Crippen LogP contribution in [0, 0.1) is 17.5 Å². The van der Waals surface area contributed by atoms with Crippen molar-refractivity contribution in [3.8, 4) is 0 Å². The van der Waals surface area contributed by atoms with Gasteiger partial charge in [0, 0.05) is 6.07 Å². The molecule has 1 N–H and O–H groups in total. The lowest BCUT2D eigenvalue weighted by Crippen LogP contribution is -2.00. The van der Waals surface area contributed by atoms with E-state index < -0.39 is 0 Å². The van der Waals surface area contributed by atoms with E-state index in [0.717, 1.165) is 11.3 Å². The second-order valence-electron chi connectivity index (χ2n) is 4.16. The molecule has 0 bridgehead atoms. The number of imidazole rings is 1. The van der Waals surface area contributed by atoms with Gasteiger partial charge in [-0.2, -0.15) is 0 Å². The van der Waals surface area contributed by atoms with Gasteiger partial charge in [0.25, 0.3) is 0 Å². The minimum Gasteiger partial charge on any atom is -0.444 e. The van der Waals surface area contributed by atoms with Crippen molar-refractivity contribution in [3.63, 3.8) is 0 Å². The predicted octanol–water partition coefficient (Wildman–Crippen LogP) is 3.95. The number of H-pyrrole nitrogens is 1. The minimum atomic E-state index is -0.334. The van der Waals surface area contributed by atoms with Gasteiger partial charge in [-0.15, -0.1) is 0 Å². The van der Waals surface area contributed by atoms with Gasteiger partial charge >= 0.3 is 0 Å². The molecule has 0 radical (unpaired) electrons. The molecule has 2 heterocycles. The number of oxazole rings is 1. The third kappa shape index (κ3) is 2.23. The number of aromatic nitrogens is 3. The number of hydrogen-bond acceptors (Lipinski definition) is 3. The lowest BCUT2D eigenvalue weighted by molar-refractivity contribution is 0.458. The van der Waals surface area contributed by atoms with Gasteiger partial charge in [-0.05, 0) is 41.1 Å². The summed E-state index contributed by atoms with van der Waals surface area (Å²) in [5.74, 6) is 0.937. The van der Waals surface area contributed by atoms with E-state index in [1.165, 1.54) is 6.07 Å². The van der Waals surface area contributed by atoms with Gasteiger partial charge in [-0.1, -0.05) is 0 Å². The Morgan fingerprint density at radius 2 is 2.32 bits per heavy atom. The highest BCUT2D eigenvalue weighted by atomic mass is 79.9. The van der Waals surface area contributed by atoms with Gasteiger partial charge in [-0.3, -0.25) is 0 Å². The predicted molar refractivity (Wildman–Crippen MR) is 75.1 cm³/mol. The molecule has 0 unspecified atom stereocenters. The molecule has 0 aliphatic heterocycles. The average Bonchev–Trinajstić information content (AvgIpc) is 2.87. The number of nitrogens with zero attached hydrogens (tertiary/aromatic N) is 2. The Morgan fingerprint density at radius 3 is 3.00 bits per heavy atom. The highest BCUT2D eigenvalue weighted by molar-refractivity contribution is 9.10. The normalized spacial score (nSPS) is 11.3. The minimum absolute atomic E-state index is 0.334. The first-order valence-corrected chi connectivity index (χ1v) is 6.73. The number of benzene rings is 1. The van der Waals surface area contributed by atoms with Crippen molar-refractivity contribution >= 4 is 39.2 Å². The van der Waals surface area contributed by atoms with Crippen LogP contribution in [-0.2, 0) is 6.54 Å². The number of aromatic amines is 1. The van der Waals surface area contributed by atoms with Crippen molar-refractivity contribution in [2.75, 3.05) is 0 Å². The lowest BCUT2D eigenvalue weighted by atomic mass is 10.3. The van der Waals surface area contributed by atoms with E-state index in [9.17, 15) is 4.39 Å². The lowest BCUT2D eigenvalue weighted by Gasteiger charge is -2.02. The van der Waals surface area contributed by atoms with E-state index in [2.05, 4.69) is 25.9 Å². The summed E-state index contributed by atoms with van der Waals surface area (Å²) in [6.45, 7) is 2.19. The first kappa shape index (κ1) is 12.6. The van der Waals surface area contributed by atoms with Crippen LogP contribution in [0.4, 0.5) is 4.39 Å². The summed E-state index contributed by atoms with van der Waals surface area (Å²) < 4.78 is 21.7. The van der Waals surface area contributed by atoms with Crippen LogP contribution in [0.15, 0.2) is 27.2 Å². The first-order chi connectivity index (χ1) is 9.04. The quantitative estimate of drug-likeness (QED) is 0.718. The van der Waals surface area contributed by atoms with Crippen LogP contribution >= 0.6 is 28.1 Å². The van der Waals surface area contributed by atoms with Gasteiger partial charge in [0.15, 0.2) is 4.77 Å². The number of fused-ring (bicyclic) bond motifs is 1. The van der Waals surface area contributed by atoms with Crippen LogP contribution < -0.4 is 0 Å². The fraction of sp³-hybridized carbons (Fsp3) is 0.167. The maximum atomic E-state index is 13.6. The summed E-state index contributed by atoms with van der Waals surface area (Å²) in [7, 11) is 0. The highest BCUT2D eigenvalue weighted by Gasteiger charge is 2.11. The molecule has 0 amide bonds. The zero-order valence-electron chi connectivity index (χ0n) is 9.91. The van der Waals surface area contributed by atoms with Crippen LogP contribution in [0.5, 0.6) is 0 Å². The van der Waals surface area contributed by atoms with Crippen LogP contribution in [0.25, 0.3) is 11.0 Å². The highest BCUT2D eigenvalue weighted by Crippen LogP contribution is 2.23. The molecule has 98 valence electrons. The number of halogens is 2. The van der Waals surface area contributed by atoms with E-state index in [-0.39, 0.29) is 5.82 Å². The van der Waals surface area contributed by atoms with Gasteiger partial charge in [0.2, 0.25) is 5.89 Å². The Bertz CT molecular complexity index is 820. The molecule has 0 spiro atoms. The Labute approximate surface area is 121 Å². The van der Waals surface area contributed by atoms with E-state index in [0.29, 0.717) is 27.2 Å². The zero-order valence-corrected chi connectivity index (χ0v) is 12.3. The molecule has 1 aromatic carbocycles. The summed E-state index contributed by atoms with van der Waals surface area (Å²) in [4.78, 5) is 7.16. The van der Waals surface area contributed by atoms with E-state index >= 15 is 0 Å². The van der Waals surface area contributed by atoms with E-state index in [1.807, 2.05) is 6.92 Å². The summed E-state index contributed by atoms with van der Waals surface area (Å²) in [5.41, 5.74) is 1.45. The fourth-order valence-corrected chi connectivity index (χ4v) is 2.53. The fourth-order valence-electron chi connectivity index (χ4n) is 1.92. The molecule has 2 aromatic heterocycles. The number of hydrogen-bond donors (Lipinski definition) is 1. The van der Waals surface area contributed by atoms with Crippen LogP contribution in [0.3, 0.4) is 0 Å². The van der Waals surface area contributed by atoms with Crippen LogP contribution in [0.1, 0.15) is 11.7 Å². The monoisotopic (exact) mass is 341 g/mol. The number of rotatable bonds is 2. The zero-order chi connectivity index (χ0) is 13.6. The van der Waals surface area contributed by atoms with Crippen molar-refractivity contribution in [2.24, 2.45) is 0 Å². The van der Waals surface area contributed by atoms with Crippen LogP contribution in [-0.4, -0.2) is 14.5 Å². The molecule has 0 aliphatic rings. The number of aryl methyl sites for hydroxylation is 1. The molecule has 3 rings (SSSR count). The van der Waals surface area contributed by atoms with Gasteiger partial charge in [0.1, 0.15) is 18.1 Å². The summed E-state index contributed by atoms with van der Waals surface area (Å²) in [6, 6.07) is 3.10. The second-order valence-corrected chi connectivity index (χ2v) is 5.41. The molecule has 0 saturated carbocycles. The molecule has 0 atom stereocenters. The SMILES string of the molecule is Cc1cnc(Cn2c(=S)[nH]c3cc(Br)c(F)cc32)o1. The number of nitrogens with one attached hydrogen (secondary N) is 1. The summed E-state index contributed by atoms with van der Waals surface area (Å²) in [5, 5.41) is 0. The molecule has 3 aromatic rings. The maximum Gasteiger partial charge on any atom is 0.214 e. The van der Waals surface area contributed by atoms with E-state index in [4.69, 9.17) is 16.6 Å². The second kappa shape index (κ2) is 4.57. The van der Waals surface area contributed by atoms with Crippen molar-refractivity contribution in [2.45, 2.75) is 13.5 Å². The Morgan fingerprint density at radius 1 is 1.53 bits per heavy atom. The Balaban J connectivity index is 2.15. The Hall–Kier alpha value is -1.47. The molecule has 19 heavy (non-hydrogen) atoms. The summed E-state index contributed by atoms with van der Waals surface area (Å²) >= 11 is 8.40. The van der Waals surface area contributed by atoms with Crippen LogP contribution in [0.2, 0.25) is 0 Å². The van der Waals surface area contributed by atoms with Crippen molar-refractivity contribution in [3.05, 3.63) is 45.0 Å². The van der Waals surface area contributed by atoms with Gasteiger partial charge in [0.05, 0.1) is 21.7 Å². The summed E-state index contributed by atoms with van der Waals surface area (Å²) in [6.07, 6.45) is 1.64. The molecule has 4 nitrogen and oxygen atoms in total. The van der Waals surface area contributed by atoms with E-state index in [1.54, 1.807) is 16.8 Å². The largest absolute Gasteiger partial charge is 0.444 e. The molecule has 0 saturated heterocycles. The van der Waals surface area contributed by atoms with Crippen molar-refractivity contribution in [1.29, 1.82) is 0 Å². The smallest absolute Gasteiger partial charge is 0.214 e. The molecule has 0 aliphatic carbocycles. The Kier molecular flexibility index (Phi) is 3.02. The topological polar surface area (TPSA) is 46.8 Å². The average molecular weight is 342 g/mol. The third-order valence-corrected chi connectivity index (χ3v) is 3.71. The standard InChI is InChI=1S/C12H9BrFN3OS/c1-6-4-15-11(18-6)5-17-10-3-8(14)7(13)2-9(10)16-12(17)19/h2-4H,5H2,1H3,(H,16,19). The molecular weight excluding hydrogens is 333 g/mol. The molecule has 7 heteroatoms. The molecule has 0 fully saturated rings. The van der Waals surface area contributed by atoms with Crippen molar-refractivity contribution in [1.82, 2.24) is 14.5 Å². The third-order valence-electron chi connectivity index (χ3n) is 2.78. The van der Waals surface area contributed by atoms with Crippen molar-refractivity contribution < 1.29 is 8.81 Å². The van der Waals surface area contributed by atoms with Gasteiger partial charge < -0.3 is 14.0 Å². The molecular formula is C12H9BrFN3OS.